The number of amides is 1. The Hall–Kier alpha value is -4.06. The molecule has 0 fully saturated rings. The predicted octanol–water partition coefficient (Wildman–Crippen LogP) is 4.73. The minimum Gasteiger partial charge on any atom is -0.402 e. The zero-order chi connectivity index (χ0) is 21.1. The first-order chi connectivity index (χ1) is 14.5. The van der Waals surface area contributed by atoms with Crippen LogP contribution in [0.5, 0.6) is 0 Å². The largest absolute Gasteiger partial charge is 0.402 e. The number of ether oxygens (including phenoxy) is 1. The molecule has 0 atom stereocenters. The highest BCUT2D eigenvalue weighted by Gasteiger charge is 2.25. The number of rotatable bonds is 4. The highest BCUT2D eigenvalue weighted by atomic mass is 19.1. The van der Waals surface area contributed by atoms with Gasteiger partial charge in [-0.2, -0.15) is 0 Å². The maximum atomic E-state index is 13.9. The number of nitrogens with one attached hydrogen (secondary N) is 1. The Morgan fingerprint density at radius 1 is 1.03 bits per heavy atom. The van der Waals surface area contributed by atoms with Gasteiger partial charge in [0.05, 0.1) is 5.56 Å². The molecule has 1 amide bonds. The second-order valence-electron chi connectivity index (χ2n) is 6.76. The van der Waals surface area contributed by atoms with Gasteiger partial charge >= 0.3 is 5.97 Å². The van der Waals surface area contributed by atoms with Gasteiger partial charge in [-0.05, 0) is 55.0 Å². The summed E-state index contributed by atoms with van der Waals surface area (Å²) in [5.41, 5.74) is 2.99. The predicted molar refractivity (Wildman–Crippen MR) is 113 cm³/mol. The zero-order valence-electron chi connectivity index (χ0n) is 16.1. The second-order valence-corrected chi connectivity index (χ2v) is 6.76. The lowest BCUT2D eigenvalue weighted by Gasteiger charge is -2.06. The van der Waals surface area contributed by atoms with Crippen LogP contribution in [0.1, 0.15) is 27.0 Å². The molecule has 4 rings (SSSR count). The van der Waals surface area contributed by atoms with Crippen molar-refractivity contribution in [1.82, 2.24) is 0 Å². The van der Waals surface area contributed by atoms with Gasteiger partial charge in [-0.3, -0.25) is 4.79 Å². The van der Waals surface area contributed by atoms with Crippen molar-refractivity contribution in [2.75, 3.05) is 5.32 Å². The fraction of sp³-hybridized carbons (Fsp3) is 0.0417. The third-order valence-electron chi connectivity index (χ3n) is 4.49. The van der Waals surface area contributed by atoms with E-state index in [0.717, 1.165) is 5.56 Å². The topological polar surface area (TPSA) is 67.8 Å². The molecule has 0 saturated heterocycles. The number of aryl methyl sites for hydroxylation is 1. The van der Waals surface area contributed by atoms with E-state index in [1.165, 1.54) is 18.2 Å². The quantitative estimate of drug-likeness (QED) is 0.509. The lowest BCUT2D eigenvalue weighted by Crippen LogP contribution is -2.11. The second kappa shape index (κ2) is 8.13. The summed E-state index contributed by atoms with van der Waals surface area (Å²) >= 11 is 0. The maximum absolute atomic E-state index is 13.9. The van der Waals surface area contributed by atoms with Crippen LogP contribution in [-0.4, -0.2) is 17.8 Å². The first kappa shape index (κ1) is 19.3. The number of hydrogen-bond donors (Lipinski definition) is 1. The number of halogens is 1. The Morgan fingerprint density at radius 3 is 2.57 bits per heavy atom. The molecule has 0 bridgehead atoms. The summed E-state index contributed by atoms with van der Waals surface area (Å²) in [6.45, 7) is 1.95. The van der Waals surface area contributed by atoms with Crippen LogP contribution in [0.3, 0.4) is 0 Å². The summed E-state index contributed by atoms with van der Waals surface area (Å²) in [6.07, 6.45) is 1.53. The molecule has 0 aromatic heterocycles. The first-order valence-corrected chi connectivity index (χ1v) is 9.25. The number of carbonyl (C=O) groups excluding carboxylic acids is 2. The number of hydrogen-bond acceptors (Lipinski definition) is 4. The monoisotopic (exact) mass is 400 g/mol. The first-order valence-electron chi connectivity index (χ1n) is 9.25. The van der Waals surface area contributed by atoms with Gasteiger partial charge in [0.25, 0.3) is 5.91 Å². The van der Waals surface area contributed by atoms with Gasteiger partial charge in [0.2, 0.25) is 5.90 Å². The third kappa shape index (κ3) is 4.17. The fourth-order valence-electron chi connectivity index (χ4n) is 2.93. The molecule has 0 aliphatic carbocycles. The van der Waals surface area contributed by atoms with Gasteiger partial charge in [0.1, 0.15) is 5.82 Å². The molecule has 1 aliphatic heterocycles. The Bertz CT molecular complexity index is 1200. The number of cyclic esters (lactones) is 1. The van der Waals surface area contributed by atoms with Crippen LogP contribution in [0.4, 0.5) is 10.1 Å². The van der Waals surface area contributed by atoms with Crippen LogP contribution in [0.15, 0.2) is 83.5 Å². The van der Waals surface area contributed by atoms with Gasteiger partial charge in [0, 0.05) is 11.3 Å². The SMILES string of the molecule is Cc1ccc(C(=O)Nc2cccc(/C=C3/N=C(c4ccccc4F)OC3=O)c2)cc1. The van der Waals surface area contributed by atoms with Crippen LogP contribution in [0.2, 0.25) is 0 Å². The van der Waals surface area contributed by atoms with Crippen molar-refractivity contribution in [3.63, 3.8) is 0 Å². The lowest BCUT2D eigenvalue weighted by atomic mass is 10.1. The van der Waals surface area contributed by atoms with E-state index in [1.54, 1.807) is 48.5 Å². The van der Waals surface area contributed by atoms with Crippen molar-refractivity contribution in [3.05, 3.63) is 107 Å². The zero-order valence-corrected chi connectivity index (χ0v) is 16.1. The molecule has 30 heavy (non-hydrogen) atoms. The molecule has 3 aromatic rings. The van der Waals surface area contributed by atoms with Crippen LogP contribution in [0, 0.1) is 12.7 Å². The molecule has 1 aliphatic rings. The Morgan fingerprint density at radius 2 is 1.80 bits per heavy atom. The molecule has 0 spiro atoms. The van der Waals surface area contributed by atoms with Gasteiger partial charge in [-0.25, -0.2) is 14.2 Å². The van der Waals surface area contributed by atoms with E-state index < -0.39 is 11.8 Å². The summed E-state index contributed by atoms with van der Waals surface area (Å²) in [5, 5.41) is 2.83. The molecule has 0 unspecified atom stereocenters. The highest BCUT2D eigenvalue weighted by Crippen LogP contribution is 2.22. The molecule has 1 heterocycles. The molecular formula is C24H17FN2O3. The minimum atomic E-state index is -0.664. The van der Waals surface area contributed by atoms with Crippen LogP contribution in [-0.2, 0) is 9.53 Å². The summed E-state index contributed by atoms with van der Waals surface area (Å²) in [7, 11) is 0. The number of anilines is 1. The Labute approximate surface area is 172 Å². The molecule has 1 N–H and O–H groups in total. The maximum Gasteiger partial charge on any atom is 0.363 e. The van der Waals surface area contributed by atoms with E-state index in [9.17, 15) is 14.0 Å². The molecule has 6 heteroatoms. The minimum absolute atomic E-state index is 0.0512. The van der Waals surface area contributed by atoms with Crippen molar-refractivity contribution in [3.8, 4) is 0 Å². The number of nitrogens with zero attached hydrogens (tertiary/aromatic N) is 1. The van der Waals surface area contributed by atoms with Crippen LogP contribution >= 0.6 is 0 Å². The van der Waals surface area contributed by atoms with E-state index in [1.807, 2.05) is 19.1 Å². The molecule has 148 valence electrons. The fourth-order valence-corrected chi connectivity index (χ4v) is 2.93. The number of esters is 1. The molecular weight excluding hydrogens is 383 g/mol. The highest BCUT2D eigenvalue weighted by molar-refractivity contribution is 6.13. The molecule has 3 aromatic carbocycles. The van der Waals surface area contributed by atoms with Gasteiger partial charge in [0.15, 0.2) is 5.70 Å². The smallest absolute Gasteiger partial charge is 0.363 e. The van der Waals surface area contributed by atoms with E-state index in [-0.39, 0.29) is 23.1 Å². The average molecular weight is 400 g/mol. The van der Waals surface area contributed by atoms with Crippen molar-refractivity contribution in [2.24, 2.45) is 4.99 Å². The molecule has 0 saturated carbocycles. The van der Waals surface area contributed by atoms with E-state index in [4.69, 9.17) is 4.74 Å². The summed E-state index contributed by atoms with van der Waals surface area (Å²) in [5.74, 6) is -1.50. The van der Waals surface area contributed by atoms with E-state index >= 15 is 0 Å². The summed E-state index contributed by atoms with van der Waals surface area (Å²) in [6, 6.07) is 20.2. The van der Waals surface area contributed by atoms with Crippen molar-refractivity contribution in [1.29, 1.82) is 0 Å². The van der Waals surface area contributed by atoms with Gasteiger partial charge < -0.3 is 10.1 Å². The third-order valence-corrected chi connectivity index (χ3v) is 4.49. The van der Waals surface area contributed by atoms with Crippen molar-refractivity contribution in [2.45, 2.75) is 6.92 Å². The summed E-state index contributed by atoms with van der Waals surface area (Å²) < 4.78 is 19.0. The lowest BCUT2D eigenvalue weighted by molar-refractivity contribution is -0.129. The van der Waals surface area contributed by atoms with Crippen LogP contribution in [0.25, 0.3) is 6.08 Å². The summed E-state index contributed by atoms with van der Waals surface area (Å²) in [4.78, 5) is 28.7. The van der Waals surface area contributed by atoms with Crippen molar-refractivity contribution < 1.29 is 18.7 Å². The standard InChI is InChI=1S/C24H17FN2O3/c1-15-9-11-17(12-10-15)22(28)26-18-6-4-5-16(13-18)14-21-24(29)30-23(27-21)19-7-2-3-8-20(19)25/h2-14H,1H3,(H,26,28)/b21-14+. The molecule has 5 nitrogen and oxygen atoms in total. The molecule has 0 radical (unpaired) electrons. The van der Waals surface area contributed by atoms with Gasteiger partial charge in [-0.1, -0.05) is 42.0 Å². The number of benzene rings is 3. The van der Waals surface area contributed by atoms with Gasteiger partial charge in [-0.15, -0.1) is 0 Å². The number of aliphatic imine (C=N–C) groups is 1. The van der Waals surface area contributed by atoms with Crippen molar-refractivity contribution >= 4 is 29.5 Å². The van der Waals surface area contributed by atoms with E-state index in [2.05, 4.69) is 10.3 Å². The normalized spacial score (nSPS) is 14.4. The van der Waals surface area contributed by atoms with Crippen LogP contribution < -0.4 is 5.32 Å². The van der Waals surface area contributed by atoms with E-state index in [0.29, 0.717) is 16.8 Å². The average Bonchev–Trinajstić information content (AvgIpc) is 3.09. The Balaban J connectivity index is 1.56. The Kier molecular flexibility index (Phi) is 5.22. The number of carbonyl (C=O) groups is 2.